The zero-order valence-electron chi connectivity index (χ0n) is 8.19. The third-order valence-electron chi connectivity index (χ3n) is 2.17. The standard InChI is InChI=1S/C8H17NO3S/c1-3-5-8-7-12-13(10,11)9(8)6-4-2/h8H,3-7H2,1-2H3. The highest BCUT2D eigenvalue weighted by atomic mass is 32.2. The normalized spacial score (nSPS) is 28.0. The van der Waals surface area contributed by atoms with E-state index in [1.165, 1.54) is 4.31 Å². The summed E-state index contributed by atoms with van der Waals surface area (Å²) in [6.45, 7) is 4.93. The van der Waals surface area contributed by atoms with E-state index in [1.54, 1.807) is 0 Å². The first kappa shape index (κ1) is 10.9. The molecule has 1 aliphatic heterocycles. The van der Waals surface area contributed by atoms with Gasteiger partial charge in [0.25, 0.3) is 0 Å². The molecule has 1 heterocycles. The molecular weight excluding hydrogens is 190 g/mol. The first-order chi connectivity index (χ1) is 6.11. The molecule has 78 valence electrons. The van der Waals surface area contributed by atoms with Crippen LogP contribution in [0.2, 0.25) is 0 Å². The summed E-state index contributed by atoms with van der Waals surface area (Å²) in [6, 6.07) is 0.0648. The molecule has 0 spiro atoms. The van der Waals surface area contributed by atoms with Gasteiger partial charge in [0.15, 0.2) is 0 Å². The van der Waals surface area contributed by atoms with Gasteiger partial charge in [0.1, 0.15) is 0 Å². The lowest BCUT2D eigenvalue weighted by Crippen LogP contribution is -2.34. The van der Waals surface area contributed by atoms with Gasteiger partial charge in [0, 0.05) is 6.54 Å². The van der Waals surface area contributed by atoms with Crippen molar-refractivity contribution < 1.29 is 12.6 Å². The van der Waals surface area contributed by atoms with Crippen LogP contribution in [-0.2, 0) is 14.5 Å². The third-order valence-corrected chi connectivity index (χ3v) is 3.66. The average Bonchev–Trinajstić information content (AvgIpc) is 2.33. The predicted octanol–water partition coefficient (Wildman–Crippen LogP) is 1.14. The van der Waals surface area contributed by atoms with Crippen LogP contribution in [0.4, 0.5) is 0 Å². The van der Waals surface area contributed by atoms with E-state index in [-0.39, 0.29) is 6.04 Å². The Kier molecular flexibility index (Phi) is 3.70. The van der Waals surface area contributed by atoms with Crippen molar-refractivity contribution in [3.8, 4) is 0 Å². The molecule has 1 unspecified atom stereocenters. The number of nitrogens with zero attached hydrogens (tertiary/aromatic N) is 1. The molecule has 0 aromatic heterocycles. The minimum absolute atomic E-state index is 0.0648. The van der Waals surface area contributed by atoms with Crippen molar-refractivity contribution in [2.24, 2.45) is 0 Å². The van der Waals surface area contributed by atoms with Gasteiger partial charge in [-0.2, -0.15) is 12.7 Å². The summed E-state index contributed by atoms with van der Waals surface area (Å²) in [6.07, 6.45) is 2.71. The Morgan fingerprint density at radius 2 is 2.08 bits per heavy atom. The molecule has 1 saturated heterocycles. The van der Waals surface area contributed by atoms with Gasteiger partial charge in [-0.3, -0.25) is 4.18 Å². The lowest BCUT2D eigenvalue weighted by Gasteiger charge is -2.18. The van der Waals surface area contributed by atoms with Crippen molar-refractivity contribution in [2.45, 2.75) is 39.2 Å². The molecule has 4 nitrogen and oxygen atoms in total. The van der Waals surface area contributed by atoms with Crippen LogP contribution >= 0.6 is 0 Å². The molecule has 1 fully saturated rings. The first-order valence-corrected chi connectivity index (χ1v) is 6.14. The zero-order valence-corrected chi connectivity index (χ0v) is 9.01. The zero-order chi connectivity index (χ0) is 9.90. The van der Waals surface area contributed by atoms with Crippen molar-refractivity contribution in [2.75, 3.05) is 13.2 Å². The summed E-state index contributed by atoms with van der Waals surface area (Å²) in [5, 5.41) is 0. The number of rotatable bonds is 4. The van der Waals surface area contributed by atoms with Crippen LogP contribution in [0.3, 0.4) is 0 Å². The van der Waals surface area contributed by atoms with Gasteiger partial charge >= 0.3 is 10.3 Å². The van der Waals surface area contributed by atoms with E-state index in [9.17, 15) is 8.42 Å². The van der Waals surface area contributed by atoms with Gasteiger partial charge in [0.2, 0.25) is 0 Å². The molecule has 13 heavy (non-hydrogen) atoms. The largest absolute Gasteiger partial charge is 0.338 e. The van der Waals surface area contributed by atoms with Gasteiger partial charge in [-0.05, 0) is 12.8 Å². The Labute approximate surface area is 80.1 Å². The SMILES string of the molecule is CCCC1COS(=O)(=O)N1CCC. The van der Waals surface area contributed by atoms with Crippen molar-refractivity contribution >= 4 is 10.3 Å². The second-order valence-corrected chi connectivity index (χ2v) is 4.86. The molecular formula is C8H17NO3S. The molecule has 0 bridgehead atoms. The van der Waals surface area contributed by atoms with Crippen LogP contribution in [0.1, 0.15) is 33.1 Å². The highest BCUT2D eigenvalue weighted by Crippen LogP contribution is 2.21. The Hall–Kier alpha value is -0.130. The highest BCUT2D eigenvalue weighted by molar-refractivity contribution is 7.84. The van der Waals surface area contributed by atoms with E-state index < -0.39 is 10.3 Å². The molecule has 1 aliphatic rings. The summed E-state index contributed by atoms with van der Waals surface area (Å²) in [5.41, 5.74) is 0. The maximum atomic E-state index is 11.3. The quantitative estimate of drug-likeness (QED) is 0.694. The van der Waals surface area contributed by atoms with Gasteiger partial charge < -0.3 is 0 Å². The lowest BCUT2D eigenvalue weighted by atomic mass is 10.2. The van der Waals surface area contributed by atoms with E-state index >= 15 is 0 Å². The summed E-state index contributed by atoms with van der Waals surface area (Å²) >= 11 is 0. The fourth-order valence-corrected chi connectivity index (χ4v) is 2.98. The molecule has 0 saturated carbocycles. The van der Waals surface area contributed by atoms with Gasteiger partial charge in [-0.25, -0.2) is 0 Å². The van der Waals surface area contributed by atoms with Crippen LogP contribution in [-0.4, -0.2) is 31.9 Å². The summed E-state index contributed by atoms with van der Waals surface area (Å²) in [5.74, 6) is 0. The van der Waals surface area contributed by atoms with Gasteiger partial charge in [-0.1, -0.05) is 20.3 Å². The van der Waals surface area contributed by atoms with Crippen LogP contribution in [0.5, 0.6) is 0 Å². The Morgan fingerprint density at radius 1 is 1.38 bits per heavy atom. The Balaban J connectivity index is 2.68. The fraction of sp³-hybridized carbons (Fsp3) is 1.00. The minimum atomic E-state index is -3.39. The molecule has 0 radical (unpaired) electrons. The van der Waals surface area contributed by atoms with Gasteiger partial charge in [-0.15, -0.1) is 0 Å². The molecule has 0 amide bonds. The van der Waals surface area contributed by atoms with Crippen LogP contribution < -0.4 is 0 Å². The lowest BCUT2D eigenvalue weighted by molar-refractivity contribution is 0.295. The van der Waals surface area contributed by atoms with E-state index in [0.717, 1.165) is 19.3 Å². The second kappa shape index (κ2) is 4.39. The first-order valence-electron chi connectivity index (χ1n) is 4.78. The Morgan fingerprint density at radius 3 is 2.62 bits per heavy atom. The highest BCUT2D eigenvalue weighted by Gasteiger charge is 2.36. The number of hydrogen-bond donors (Lipinski definition) is 0. The van der Waals surface area contributed by atoms with Crippen molar-refractivity contribution in [3.05, 3.63) is 0 Å². The van der Waals surface area contributed by atoms with Crippen molar-refractivity contribution in [1.82, 2.24) is 4.31 Å². The average molecular weight is 207 g/mol. The molecule has 0 aromatic carbocycles. The molecule has 1 rings (SSSR count). The molecule has 1 atom stereocenters. The van der Waals surface area contributed by atoms with E-state index in [1.807, 2.05) is 6.92 Å². The third kappa shape index (κ3) is 2.42. The Bertz CT molecular complexity index is 250. The monoisotopic (exact) mass is 207 g/mol. The van der Waals surface area contributed by atoms with Gasteiger partial charge in [0.05, 0.1) is 12.6 Å². The second-order valence-electron chi connectivity index (χ2n) is 3.30. The molecule has 5 heteroatoms. The van der Waals surface area contributed by atoms with Crippen LogP contribution in [0, 0.1) is 0 Å². The summed E-state index contributed by atoms with van der Waals surface area (Å²) in [7, 11) is -3.39. The van der Waals surface area contributed by atoms with Crippen LogP contribution in [0.15, 0.2) is 0 Å². The fourth-order valence-electron chi connectivity index (χ4n) is 1.57. The predicted molar refractivity (Wildman–Crippen MR) is 50.6 cm³/mol. The topological polar surface area (TPSA) is 46.6 Å². The maximum absolute atomic E-state index is 11.3. The number of hydrogen-bond acceptors (Lipinski definition) is 3. The van der Waals surface area contributed by atoms with Crippen molar-refractivity contribution in [3.63, 3.8) is 0 Å². The van der Waals surface area contributed by atoms with Crippen LogP contribution in [0.25, 0.3) is 0 Å². The molecule has 0 aromatic rings. The van der Waals surface area contributed by atoms with Crippen molar-refractivity contribution in [1.29, 1.82) is 0 Å². The maximum Gasteiger partial charge on any atom is 0.338 e. The summed E-state index contributed by atoms with van der Waals surface area (Å²) in [4.78, 5) is 0. The molecule has 0 aliphatic carbocycles. The van der Waals surface area contributed by atoms with E-state index in [4.69, 9.17) is 4.18 Å². The van der Waals surface area contributed by atoms with E-state index in [2.05, 4.69) is 6.92 Å². The van der Waals surface area contributed by atoms with E-state index in [0.29, 0.717) is 13.2 Å². The minimum Gasteiger partial charge on any atom is -0.256 e. The summed E-state index contributed by atoms with van der Waals surface area (Å²) < 4.78 is 28.9. The smallest absolute Gasteiger partial charge is 0.256 e. The molecule has 0 N–H and O–H groups in total.